The minimum Gasteiger partial charge on any atom is -0.488 e. The van der Waals surface area contributed by atoms with Gasteiger partial charge >= 0.3 is 5.97 Å². The van der Waals surface area contributed by atoms with Gasteiger partial charge in [-0.3, -0.25) is 0 Å². The van der Waals surface area contributed by atoms with E-state index in [1.165, 1.54) is 6.08 Å². The van der Waals surface area contributed by atoms with E-state index in [0.717, 1.165) is 16.9 Å². The molecule has 0 aliphatic heterocycles. The van der Waals surface area contributed by atoms with Crippen LogP contribution in [0.3, 0.4) is 0 Å². The molecule has 3 nitrogen and oxygen atoms in total. The van der Waals surface area contributed by atoms with Crippen LogP contribution in [0.25, 0.3) is 5.57 Å². The van der Waals surface area contributed by atoms with Gasteiger partial charge in [0.15, 0.2) is 0 Å². The van der Waals surface area contributed by atoms with E-state index >= 15 is 0 Å². The molecule has 0 heterocycles. The molecule has 0 atom stereocenters. The highest BCUT2D eigenvalue weighted by Crippen LogP contribution is 2.21. The first-order chi connectivity index (χ1) is 7.78. The molecular weight excluding hydrogens is 216 g/mol. The standard InChI is InChI=1S/C14H18O3/c1-10(9-13(15)16)11-5-7-12(8-6-11)17-14(2,3)4/h5-9H,1-4H3,(H,15,16)/b10-9+. The van der Waals surface area contributed by atoms with Crippen molar-refractivity contribution in [2.75, 3.05) is 0 Å². The monoisotopic (exact) mass is 234 g/mol. The highest BCUT2D eigenvalue weighted by atomic mass is 16.5. The van der Waals surface area contributed by atoms with Crippen molar-refractivity contribution < 1.29 is 14.6 Å². The van der Waals surface area contributed by atoms with Gasteiger partial charge in [-0.15, -0.1) is 0 Å². The summed E-state index contributed by atoms with van der Waals surface area (Å²) >= 11 is 0. The molecule has 1 N–H and O–H groups in total. The molecule has 0 saturated heterocycles. The zero-order valence-electron chi connectivity index (χ0n) is 10.7. The van der Waals surface area contributed by atoms with Crippen molar-refractivity contribution in [3.05, 3.63) is 35.9 Å². The molecule has 0 saturated carbocycles. The lowest BCUT2D eigenvalue weighted by atomic mass is 10.1. The number of hydrogen-bond donors (Lipinski definition) is 1. The van der Waals surface area contributed by atoms with Crippen molar-refractivity contribution in [1.29, 1.82) is 0 Å². The first-order valence-electron chi connectivity index (χ1n) is 5.48. The zero-order chi connectivity index (χ0) is 13.1. The van der Waals surface area contributed by atoms with Gasteiger partial charge < -0.3 is 9.84 Å². The van der Waals surface area contributed by atoms with Crippen LogP contribution in [0.15, 0.2) is 30.3 Å². The van der Waals surface area contributed by atoms with E-state index in [1.807, 2.05) is 45.0 Å². The van der Waals surface area contributed by atoms with Crippen molar-refractivity contribution in [1.82, 2.24) is 0 Å². The Balaban J connectivity index is 2.85. The summed E-state index contributed by atoms with van der Waals surface area (Å²) in [6.07, 6.45) is 1.19. The lowest BCUT2D eigenvalue weighted by Crippen LogP contribution is -2.22. The molecule has 1 aromatic carbocycles. The summed E-state index contributed by atoms with van der Waals surface area (Å²) in [5.74, 6) is -0.151. The molecule has 1 rings (SSSR count). The number of rotatable bonds is 3. The van der Waals surface area contributed by atoms with Crippen LogP contribution in [0.5, 0.6) is 5.75 Å². The van der Waals surface area contributed by atoms with Crippen molar-refractivity contribution >= 4 is 11.5 Å². The molecule has 0 bridgehead atoms. The van der Waals surface area contributed by atoms with E-state index in [-0.39, 0.29) is 5.60 Å². The number of benzene rings is 1. The maximum absolute atomic E-state index is 10.5. The number of ether oxygens (including phenoxy) is 1. The van der Waals surface area contributed by atoms with Gasteiger partial charge in [0.2, 0.25) is 0 Å². The van der Waals surface area contributed by atoms with Crippen molar-refractivity contribution in [3.8, 4) is 5.75 Å². The molecule has 0 unspecified atom stereocenters. The first kappa shape index (κ1) is 13.3. The molecule has 0 aliphatic rings. The van der Waals surface area contributed by atoms with Gasteiger partial charge in [0, 0.05) is 6.08 Å². The van der Waals surface area contributed by atoms with E-state index in [0.29, 0.717) is 0 Å². The highest BCUT2D eigenvalue weighted by Gasteiger charge is 2.11. The quantitative estimate of drug-likeness (QED) is 0.816. The Labute approximate surface area is 102 Å². The number of aliphatic carboxylic acids is 1. The SMILES string of the molecule is C/C(=C\C(=O)O)c1ccc(OC(C)(C)C)cc1. The molecular formula is C14H18O3. The Hall–Kier alpha value is -1.77. The largest absolute Gasteiger partial charge is 0.488 e. The van der Waals surface area contributed by atoms with Crippen molar-refractivity contribution in [3.63, 3.8) is 0 Å². The van der Waals surface area contributed by atoms with Gasteiger partial charge in [-0.25, -0.2) is 4.79 Å². The zero-order valence-corrected chi connectivity index (χ0v) is 10.7. The Bertz CT molecular complexity index is 422. The van der Waals surface area contributed by atoms with Crippen molar-refractivity contribution in [2.24, 2.45) is 0 Å². The molecule has 1 aromatic rings. The average Bonchev–Trinajstić information content (AvgIpc) is 2.15. The van der Waals surface area contributed by atoms with E-state index in [9.17, 15) is 4.79 Å². The number of carboxylic acid groups (broad SMARTS) is 1. The van der Waals surface area contributed by atoms with Crippen LogP contribution < -0.4 is 4.74 Å². The molecule has 0 aromatic heterocycles. The van der Waals surface area contributed by atoms with Crippen LogP contribution in [0.4, 0.5) is 0 Å². The van der Waals surface area contributed by atoms with Crippen LogP contribution in [0, 0.1) is 0 Å². The highest BCUT2D eigenvalue weighted by molar-refractivity contribution is 5.89. The Morgan fingerprint density at radius 3 is 2.18 bits per heavy atom. The molecule has 92 valence electrons. The second-order valence-electron chi connectivity index (χ2n) is 4.90. The third kappa shape index (κ3) is 4.72. The third-order valence-electron chi connectivity index (χ3n) is 2.07. The van der Waals surface area contributed by atoms with Crippen LogP contribution in [-0.2, 0) is 4.79 Å². The molecule has 0 aliphatic carbocycles. The van der Waals surface area contributed by atoms with Crippen molar-refractivity contribution in [2.45, 2.75) is 33.3 Å². The topological polar surface area (TPSA) is 46.5 Å². The molecule has 3 heteroatoms. The maximum Gasteiger partial charge on any atom is 0.328 e. The first-order valence-corrected chi connectivity index (χ1v) is 5.48. The van der Waals surface area contributed by atoms with Gasteiger partial charge in [-0.1, -0.05) is 12.1 Å². The number of hydrogen-bond acceptors (Lipinski definition) is 2. The summed E-state index contributed by atoms with van der Waals surface area (Å²) in [6.45, 7) is 7.72. The molecule has 0 fully saturated rings. The molecule has 0 radical (unpaired) electrons. The van der Waals surface area contributed by atoms with Gasteiger partial charge in [0.05, 0.1) is 0 Å². The molecule has 0 amide bonds. The van der Waals surface area contributed by atoms with Gasteiger partial charge in [0.25, 0.3) is 0 Å². The van der Waals surface area contributed by atoms with Crippen LogP contribution in [0.2, 0.25) is 0 Å². The Morgan fingerprint density at radius 1 is 1.24 bits per heavy atom. The van der Waals surface area contributed by atoms with E-state index in [1.54, 1.807) is 6.92 Å². The molecule has 17 heavy (non-hydrogen) atoms. The predicted molar refractivity (Wildman–Crippen MR) is 68.1 cm³/mol. The minimum atomic E-state index is -0.933. The Kier molecular flexibility index (Phi) is 3.94. The number of carbonyl (C=O) groups is 1. The Morgan fingerprint density at radius 2 is 1.76 bits per heavy atom. The summed E-state index contributed by atoms with van der Waals surface area (Å²) in [6, 6.07) is 7.41. The number of allylic oxidation sites excluding steroid dienone is 1. The predicted octanol–water partition coefficient (Wildman–Crippen LogP) is 3.35. The average molecular weight is 234 g/mol. The van der Waals surface area contributed by atoms with E-state index in [4.69, 9.17) is 9.84 Å². The lowest BCUT2D eigenvalue weighted by Gasteiger charge is -2.21. The summed E-state index contributed by atoms with van der Waals surface area (Å²) in [5, 5.41) is 8.65. The fourth-order valence-corrected chi connectivity index (χ4v) is 1.41. The summed E-state index contributed by atoms with van der Waals surface area (Å²) in [4.78, 5) is 10.5. The van der Waals surface area contributed by atoms with Gasteiger partial charge in [-0.05, 0) is 51.0 Å². The molecule has 0 spiro atoms. The number of carboxylic acids is 1. The van der Waals surface area contributed by atoms with E-state index < -0.39 is 5.97 Å². The fraction of sp³-hybridized carbons (Fsp3) is 0.357. The normalized spacial score (nSPS) is 12.4. The smallest absolute Gasteiger partial charge is 0.328 e. The van der Waals surface area contributed by atoms with E-state index in [2.05, 4.69) is 0 Å². The van der Waals surface area contributed by atoms with Gasteiger partial charge in [-0.2, -0.15) is 0 Å². The van der Waals surface area contributed by atoms with Gasteiger partial charge in [0.1, 0.15) is 11.4 Å². The van der Waals surface area contributed by atoms with Crippen LogP contribution in [-0.4, -0.2) is 16.7 Å². The summed E-state index contributed by atoms with van der Waals surface area (Å²) < 4.78 is 5.68. The summed E-state index contributed by atoms with van der Waals surface area (Å²) in [5.41, 5.74) is 1.38. The summed E-state index contributed by atoms with van der Waals surface area (Å²) in [7, 11) is 0. The minimum absolute atomic E-state index is 0.229. The second kappa shape index (κ2) is 5.04. The third-order valence-corrected chi connectivity index (χ3v) is 2.07. The lowest BCUT2D eigenvalue weighted by molar-refractivity contribution is -0.131. The van der Waals surface area contributed by atoms with Crippen LogP contribution in [0.1, 0.15) is 33.3 Å². The van der Waals surface area contributed by atoms with Crippen LogP contribution >= 0.6 is 0 Å². The fourth-order valence-electron chi connectivity index (χ4n) is 1.41. The second-order valence-corrected chi connectivity index (χ2v) is 4.90. The maximum atomic E-state index is 10.5.